The minimum absolute atomic E-state index is 0.513. The van der Waals surface area contributed by atoms with Crippen LogP contribution in [0.2, 0.25) is 0 Å². The van der Waals surface area contributed by atoms with Crippen molar-refractivity contribution >= 4 is 65.1 Å². The van der Waals surface area contributed by atoms with E-state index in [1.807, 2.05) is 36.4 Å². The molecule has 1 atom stereocenters. The molecule has 62 heavy (non-hydrogen) atoms. The predicted octanol–water partition coefficient (Wildman–Crippen LogP) is 11.9. The standard InChI is InChI=1S/C56H41N5Si/c1-35-22-26-45-42(30-35)25-29-52-53(45)48-34-41(24-28-51(48)60(52)43-18-10-16-38(31-43)39-17-11-19-44(62)32-39)40-23-27-50-47(33-40)46-20-8-9-21-49(46)61(50)56-58-54(36-12-4-2-5-13-36)57-55(59-56)37-14-6-3-7-15-37/h2-29,31-35H,30H2,1,62H3. The summed E-state index contributed by atoms with van der Waals surface area (Å²) in [5, 5.41) is 6.26. The highest BCUT2D eigenvalue weighted by Gasteiger charge is 2.22. The fourth-order valence-corrected chi connectivity index (χ4v) is 10.1. The van der Waals surface area contributed by atoms with Crippen LogP contribution in [0.1, 0.15) is 18.1 Å². The monoisotopic (exact) mass is 811 g/mol. The van der Waals surface area contributed by atoms with Gasteiger partial charge in [0.2, 0.25) is 5.95 Å². The van der Waals surface area contributed by atoms with E-state index in [2.05, 4.69) is 174 Å². The lowest BCUT2D eigenvalue weighted by Crippen LogP contribution is -2.06. The molecule has 1 aliphatic carbocycles. The Labute approximate surface area is 362 Å². The summed E-state index contributed by atoms with van der Waals surface area (Å²) in [6, 6.07) is 65.5. The molecule has 0 saturated heterocycles. The van der Waals surface area contributed by atoms with Gasteiger partial charge in [-0.15, -0.1) is 0 Å². The van der Waals surface area contributed by atoms with Gasteiger partial charge in [0.05, 0.1) is 22.1 Å². The lowest BCUT2D eigenvalue weighted by molar-refractivity contribution is 0.718. The van der Waals surface area contributed by atoms with Gasteiger partial charge in [-0.1, -0.05) is 158 Å². The van der Waals surface area contributed by atoms with Gasteiger partial charge >= 0.3 is 0 Å². The number of rotatable bonds is 6. The largest absolute Gasteiger partial charge is 0.309 e. The van der Waals surface area contributed by atoms with E-state index in [0.717, 1.165) is 55.2 Å². The third-order valence-corrected chi connectivity index (χ3v) is 13.2. The second-order valence-electron chi connectivity index (χ2n) is 16.7. The van der Waals surface area contributed by atoms with Crippen LogP contribution >= 0.6 is 0 Å². The van der Waals surface area contributed by atoms with Crippen LogP contribution in [0.4, 0.5) is 0 Å². The Morgan fingerprint density at radius 3 is 1.77 bits per heavy atom. The van der Waals surface area contributed by atoms with Crippen LogP contribution < -0.4 is 5.19 Å². The molecule has 11 aromatic rings. The van der Waals surface area contributed by atoms with Crippen LogP contribution in [0.5, 0.6) is 0 Å². The molecule has 6 heteroatoms. The number of nitrogens with zero attached hydrogens (tertiary/aromatic N) is 5. The number of aromatic nitrogens is 5. The lowest BCUT2D eigenvalue weighted by Gasteiger charge is -2.17. The van der Waals surface area contributed by atoms with E-state index in [0.29, 0.717) is 23.5 Å². The number of para-hydroxylation sites is 1. The molecule has 0 radical (unpaired) electrons. The third-order valence-electron chi connectivity index (χ3n) is 12.5. The molecule has 1 aliphatic rings. The van der Waals surface area contributed by atoms with Crippen LogP contribution in [0.3, 0.4) is 0 Å². The molecule has 8 aromatic carbocycles. The summed E-state index contributed by atoms with van der Waals surface area (Å²) >= 11 is 0. The Morgan fingerprint density at radius 1 is 0.468 bits per heavy atom. The Morgan fingerprint density at radius 2 is 1.05 bits per heavy atom. The molecule has 0 saturated carbocycles. The van der Waals surface area contributed by atoms with E-state index >= 15 is 0 Å². The normalized spacial score (nSPS) is 13.7. The van der Waals surface area contributed by atoms with Crippen molar-refractivity contribution in [1.29, 1.82) is 0 Å². The number of benzene rings is 8. The van der Waals surface area contributed by atoms with E-state index in [1.54, 1.807) is 0 Å². The molecule has 1 unspecified atom stereocenters. The summed E-state index contributed by atoms with van der Waals surface area (Å²) in [6.07, 6.45) is 5.78. The smallest absolute Gasteiger partial charge is 0.238 e. The van der Waals surface area contributed by atoms with Gasteiger partial charge in [-0.2, -0.15) is 9.97 Å². The first-order chi connectivity index (χ1) is 30.5. The van der Waals surface area contributed by atoms with Crippen LogP contribution in [-0.4, -0.2) is 34.3 Å². The van der Waals surface area contributed by atoms with Crippen molar-refractivity contribution in [3.05, 3.63) is 199 Å². The molecule has 0 bridgehead atoms. The first-order valence-electron chi connectivity index (χ1n) is 21.4. The average Bonchev–Trinajstić information content (AvgIpc) is 3.84. The molecular formula is C56H41N5Si. The van der Waals surface area contributed by atoms with Crippen LogP contribution in [0.25, 0.3) is 106 Å². The van der Waals surface area contributed by atoms with Gasteiger partial charge in [-0.25, -0.2) is 4.98 Å². The van der Waals surface area contributed by atoms with Crippen molar-refractivity contribution in [2.75, 3.05) is 0 Å². The Bertz CT molecular complexity index is 3530. The molecule has 0 N–H and O–H groups in total. The maximum atomic E-state index is 5.14. The molecule has 0 amide bonds. The number of hydrogen-bond acceptors (Lipinski definition) is 3. The van der Waals surface area contributed by atoms with Crippen LogP contribution in [0.15, 0.2) is 188 Å². The Balaban J connectivity index is 1.05. The maximum absolute atomic E-state index is 5.14. The molecular weight excluding hydrogens is 771 g/mol. The van der Waals surface area contributed by atoms with Gasteiger partial charge < -0.3 is 4.57 Å². The minimum atomic E-state index is 0.513. The Kier molecular flexibility index (Phi) is 8.47. The molecule has 0 spiro atoms. The van der Waals surface area contributed by atoms with Crippen molar-refractivity contribution in [1.82, 2.24) is 24.1 Å². The van der Waals surface area contributed by atoms with Gasteiger partial charge in [0, 0.05) is 48.6 Å². The van der Waals surface area contributed by atoms with Crippen molar-refractivity contribution in [2.45, 2.75) is 13.3 Å². The van der Waals surface area contributed by atoms with Crippen molar-refractivity contribution in [2.24, 2.45) is 5.92 Å². The zero-order chi connectivity index (χ0) is 41.3. The van der Waals surface area contributed by atoms with Crippen molar-refractivity contribution in [3.8, 4) is 56.7 Å². The van der Waals surface area contributed by atoms with Crippen molar-refractivity contribution < 1.29 is 0 Å². The number of hydrogen-bond donors (Lipinski definition) is 0. The predicted molar refractivity (Wildman–Crippen MR) is 262 cm³/mol. The van der Waals surface area contributed by atoms with Crippen LogP contribution in [-0.2, 0) is 6.42 Å². The summed E-state index contributed by atoms with van der Waals surface area (Å²) in [7, 11) is 1.03. The summed E-state index contributed by atoms with van der Waals surface area (Å²) in [6.45, 7) is 2.31. The van der Waals surface area contributed by atoms with E-state index in [1.165, 1.54) is 60.5 Å². The third kappa shape index (κ3) is 6.02. The Hall–Kier alpha value is -7.67. The quantitative estimate of drug-likeness (QED) is 0.157. The second-order valence-corrected chi connectivity index (χ2v) is 17.8. The average molecular weight is 812 g/mol. The van der Waals surface area contributed by atoms with E-state index < -0.39 is 0 Å². The number of fused-ring (bicyclic) bond motifs is 8. The van der Waals surface area contributed by atoms with E-state index in [9.17, 15) is 0 Å². The van der Waals surface area contributed by atoms with Gasteiger partial charge in [0.15, 0.2) is 11.6 Å². The highest BCUT2D eigenvalue weighted by atomic mass is 28.1. The first-order valence-corrected chi connectivity index (χ1v) is 22.4. The topological polar surface area (TPSA) is 48.5 Å². The maximum Gasteiger partial charge on any atom is 0.238 e. The van der Waals surface area contributed by atoms with Gasteiger partial charge in [0.1, 0.15) is 0 Å². The fraction of sp³-hybridized carbons (Fsp3) is 0.0536. The SMILES string of the molecule is CC1C=Cc2c(ccc3c2c2cc(-c4ccc5c(c4)c4ccccc4n5-c4nc(-c5ccccc5)nc(-c5ccccc5)n4)ccc2n3-c2cccc(-c3cccc([SiH3])c3)c2)C1. The second kappa shape index (κ2) is 14.5. The fourth-order valence-electron chi connectivity index (χ4n) is 9.60. The molecule has 0 aliphatic heterocycles. The summed E-state index contributed by atoms with van der Waals surface area (Å²) in [4.78, 5) is 15.3. The minimum Gasteiger partial charge on any atom is -0.309 e. The molecule has 3 aromatic heterocycles. The lowest BCUT2D eigenvalue weighted by atomic mass is 9.88. The summed E-state index contributed by atoms with van der Waals surface area (Å²) in [5.41, 5.74) is 15.1. The summed E-state index contributed by atoms with van der Waals surface area (Å²) < 4.78 is 4.66. The summed E-state index contributed by atoms with van der Waals surface area (Å²) in [5.74, 6) is 2.38. The first kappa shape index (κ1) is 36.2. The van der Waals surface area contributed by atoms with E-state index in [4.69, 9.17) is 15.0 Å². The molecule has 0 fully saturated rings. The van der Waals surface area contributed by atoms with Gasteiger partial charge in [-0.05, 0) is 94.3 Å². The van der Waals surface area contributed by atoms with Crippen molar-refractivity contribution in [3.63, 3.8) is 0 Å². The highest BCUT2D eigenvalue weighted by molar-refractivity contribution is 6.32. The van der Waals surface area contributed by atoms with Crippen LogP contribution in [0, 0.1) is 5.92 Å². The highest BCUT2D eigenvalue weighted by Crippen LogP contribution is 2.42. The molecule has 5 nitrogen and oxygen atoms in total. The zero-order valence-electron chi connectivity index (χ0n) is 34.5. The van der Waals surface area contributed by atoms with Gasteiger partial charge in [0.25, 0.3) is 0 Å². The molecule has 3 heterocycles. The zero-order valence-corrected chi connectivity index (χ0v) is 36.5. The molecule has 294 valence electrons. The van der Waals surface area contributed by atoms with E-state index in [-0.39, 0.29) is 0 Å². The number of allylic oxidation sites excluding steroid dienone is 1. The molecule has 12 rings (SSSR count). The van der Waals surface area contributed by atoms with Gasteiger partial charge in [-0.3, -0.25) is 4.57 Å².